The molecule has 1 atom stereocenters. The molecule has 0 aromatic heterocycles. The molecule has 0 bridgehead atoms. The largest absolute Gasteiger partial charge is 0.495 e. The van der Waals surface area contributed by atoms with Crippen LogP contribution in [0.4, 0.5) is 10.1 Å². The molecule has 208 valence electrons. The molecule has 2 amide bonds. The first-order valence-corrected chi connectivity index (χ1v) is 13.8. The van der Waals surface area contributed by atoms with Gasteiger partial charge in [0.05, 0.1) is 17.7 Å². The number of nitrogens with one attached hydrogen (secondary N) is 1. The first-order chi connectivity index (χ1) is 18.3. The number of hydrogen-bond donors (Lipinski definition) is 1. The molecule has 3 rings (SSSR count). The zero-order valence-electron chi connectivity index (χ0n) is 22.7. The van der Waals surface area contributed by atoms with Gasteiger partial charge in [0.25, 0.3) is 10.0 Å². The molecule has 0 aliphatic carbocycles. The Kier molecular flexibility index (Phi) is 9.34. The number of ether oxygens (including phenoxy) is 1. The van der Waals surface area contributed by atoms with Gasteiger partial charge in [0.2, 0.25) is 11.8 Å². The number of rotatable bonds is 10. The minimum atomic E-state index is -4.24. The van der Waals surface area contributed by atoms with Crippen LogP contribution < -0.4 is 14.4 Å². The van der Waals surface area contributed by atoms with Gasteiger partial charge in [-0.15, -0.1) is 0 Å². The van der Waals surface area contributed by atoms with Crippen molar-refractivity contribution in [1.29, 1.82) is 0 Å². The third-order valence-corrected chi connectivity index (χ3v) is 7.70. The Hall–Kier alpha value is -3.92. The number of benzene rings is 3. The van der Waals surface area contributed by atoms with Crippen molar-refractivity contribution in [3.8, 4) is 5.75 Å². The third-order valence-electron chi connectivity index (χ3n) is 5.93. The zero-order chi connectivity index (χ0) is 28.8. The Morgan fingerprint density at radius 3 is 2.15 bits per heavy atom. The van der Waals surface area contributed by atoms with Crippen molar-refractivity contribution in [3.05, 3.63) is 90.2 Å². The van der Waals surface area contributed by atoms with Crippen LogP contribution in [0, 0.1) is 5.82 Å². The van der Waals surface area contributed by atoms with Gasteiger partial charge in [0, 0.05) is 17.6 Å². The molecular formula is C29H34FN3O5S. The number of amides is 2. The summed E-state index contributed by atoms with van der Waals surface area (Å²) in [7, 11) is -2.84. The van der Waals surface area contributed by atoms with Gasteiger partial charge in [-0.25, -0.2) is 12.8 Å². The second-order valence-electron chi connectivity index (χ2n) is 10.0. The Morgan fingerprint density at radius 2 is 1.54 bits per heavy atom. The molecule has 3 aromatic rings. The number of sulfonamides is 1. The van der Waals surface area contributed by atoms with Crippen molar-refractivity contribution < 1.29 is 27.1 Å². The van der Waals surface area contributed by atoms with Gasteiger partial charge in [-0.2, -0.15) is 0 Å². The lowest BCUT2D eigenvalue weighted by molar-refractivity contribution is -0.140. The van der Waals surface area contributed by atoms with Crippen LogP contribution in [0.25, 0.3) is 0 Å². The summed E-state index contributed by atoms with van der Waals surface area (Å²) in [6, 6.07) is 19.0. The lowest BCUT2D eigenvalue weighted by Crippen LogP contribution is -2.54. The highest BCUT2D eigenvalue weighted by atomic mass is 32.2. The number of anilines is 1. The molecule has 0 aliphatic rings. The number of hydrogen-bond acceptors (Lipinski definition) is 5. The fourth-order valence-corrected chi connectivity index (χ4v) is 5.38. The molecule has 10 heteroatoms. The highest BCUT2D eigenvalue weighted by molar-refractivity contribution is 7.92. The summed E-state index contributed by atoms with van der Waals surface area (Å²) in [5.41, 5.74) is -0.246. The van der Waals surface area contributed by atoms with Crippen molar-refractivity contribution in [2.45, 2.75) is 50.7 Å². The van der Waals surface area contributed by atoms with Crippen molar-refractivity contribution in [2.75, 3.05) is 18.0 Å². The standard InChI is InChI=1S/C29H34FN3O5S/c1-21(28(35)31-29(2,3)4)32(19-22-13-9-10-16-24(22)30)27(34)20-33(25-17-11-12-18-26(25)38-5)39(36,37)23-14-7-6-8-15-23/h6-18,21H,19-20H2,1-5H3,(H,31,35)/t21-/m0/s1. The molecule has 0 fully saturated rings. The number of methoxy groups -OCH3 is 1. The Labute approximate surface area is 229 Å². The van der Waals surface area contributed by atoms with Crippen molar-refractivity contribution in [2.24, 2.45) is 0 Å². The molecular weight excluding hydrogens is 521 g/mol. The predicted molar refractivity (Wildman–Crippen MR) is 148 cm³/mol. The van der Waals surface area contributed by atoms with E-state index in [1.54, 1.807) is 63.2 Å². The molecule has 39 heavy (non-hydrogen) atoms. The van der Waals surface area contributed by atoms with Crippen LogP contribution in [0.1, 0.15) is 33.3 Å². The molecule has 0 heterocycles. The minimum Gasteiger partial charge on any atom is -0.495 e. The Morgan fingerprint density at radius 1 is 0.949 bits per heavy atom. The van der Waals surface area contributed by atoms with E-state index in [1.165, 1.54) is 55.3 Å². The van der Waals surface area contributed by atoms with E-state index < -0.39 is 45.8 Å². The van der Waals surface area contributed by atoms with Crippen LogP contribution in [0.15, 0.2) is 83.8 Å². The maximum absolute atomic E-state index is 14.6. The maximum Gasteiger partial charge on any atom is 0.264 e. The van der Waals surface area contributed by atoms with Crippen LogP contribution in [0.3, 0.4) is 0 Å². The molecule has 3 aromatic carbocycles. The highest BCUT2D eigenvalue weighted by Crippen LogP contribution is 2.32. The van der Waals surface area contributed by atoms with Crippen LogP contribution >= 0.6 is 0 Å². The summed E-state index contributed by atoms with van der Waals surface area (Å²) in [6.45, 7) is 6.04. The van der Waals surface area contributed by atoms with Crippen LogP contribution in [0.5, 0.6) is 5.75 Å². The minimum absolute atomic E-state index is 0.0251. The molecule has 0 unspecified atom stereocenters. The van der Waals surface area contributed by atoms with Gasteiger partial charge in [-0.1, -0.05) is 48.5 Å². The number of carbonyl (C=O) groups excluding carboxylic acids is 2. The first-order valence-electron chi connectivity index (χ1n) is 12.4. The third kappa shape index (κ3) is 7.35. The summed E-state index contributed by atoms with van der Waals surface area (Å²) in [5.74, 6) is -1.46. The van der Waals surface area contributed by atoms with E-state index in [2.05, 4.69) is 5.32 Å². The van der Waals surface area contributed by atoms with E-state index in [1.807, 2.05) is 0 Å². The topological polar surface area (TPSA) is 96.0 Å². The van der Waals surface area contributed by atoms with Gasteiger partial charge in [0.1, 0.15) is 24.2 Å². The number of nitrogens with zero attached hydrogens (tertiary/aromatic N) is 2. The van der Waals surface area contributed by atoms with Gasteiger partial charge in [0.15, 0.2) is 0 Å². The van der Waals surface area contributed by atoms with E-state index in [4.69, 9.17) is 4.74 Å². The molecule has 1 N–H and O–H groups in total. The molecule has 8 nitrogen and oxygen atoms in total. The van der Waals surface area contributed by atoms with Crippen molar-refractivity contribution >= 4 is 27.5 Å². The molecule has 0 radical (unpaired) electrons. The lowest BCUT2D eigenvalue weighted by atomic mass is 10.1. The zero-order valence-corrected chi connectivity index (χ0v) is 23.5. The van der Waals surface area contributed by atoms with Crippen molar-refractivity contribution in [1.82, 2.24) is 10.2 Å². The smallest absolute Gasteiger partial charge is 0.264 e. The Bertz CT molecular complexity index is 1410. The lowest BCUT2D eigenvalue weighted by Gasteiger charge is -2.33. The predicted octanol–water partition coefficient (Wildman–Crippen LogP) is 4.36. The van der Waals surface area contributed by atoms with Gasteiger partial charge >= 0.3 is 0 Å². The number of carbonyl (C=O) groups is 2. The molecule has 0 spiro atoms. The van der Waals surface area contributed by atoms with E-state index >= 15 is 0 Å². The average molecular weight is 556 g/mol. The highest BCUT2D eigenvalue weighted by Gasteiger charge is 2.34. The summed E-state index contributed by atoms with van der Waals surface area (Å²) >= 11 is 0. The molecule has 0 saturated heterocycles. The van der Waals surface area contributed by atoms with E-state index in [0.717, 1.165) is 4.31 Å². The summed E-state index contributed by atoms with van der Waals surface area (Å²) in [6.07, 6.45) is 0. The quantitative estimate of drug-likeness (QED) is 0.401. The summed E-state index contributed by atoms with van der Waals surface area (Å²) in [4.78, 5) is 28.2. The van der Waals surface area contributed by atoms with E-state index in [9.17, 15) is 22.4 Å². The number of halogens is 1. The fraction of sp³-hybridized carbons (Fsp3) is 0.310. The normalized spacial score (nSPS) is 12.4. The van der Waals surface area contributed by atoms with Crippen LogP contribution in [-0.4, -0.2) is 50.4 Å². The monoisotopic (exact) mass is 555 g/mol. The van der Waals surface area contributed by atoms with E-state index in [0.29, 0.717) is 0 Å². The Balaban J connectivity index is 2.08. The second-order valence-corrected chi connectivity index (χ2v) is 11.9. The molecule has 0 aliphatic heterocycles. The van der Waals surface area contributed by atoms with Crippen molar-refractivity contribution in [3.63, 3.8) is 0 Å². The SMILES string of the molecule is COc1ccccc1N(CC(=O)N(Cc1ccccc1F)[C@@H](C)C(=O)NC(C)(C)C)S(=O)(=O)c1ccccc1. The first kappa shape index (κ1) is 29.6. The molecule has 0 saturated carbocycles. The van der Waals surface area contributed by atoms with Crippen LogP contribution in [0.2, 0.25) is 0 Å². The summed E-state index contributed by atoms with van der Waals surface area (Å²) in [5, 5.41) is 2.84. The maximum atomic E-state index is 14.6. The van der Waals surface area contributed by atoms with Gasteiger partial charge in [-0.3, -0.25) is 13.9 Å². The van der Waals surface area contributed by atoms with E-state index in [-0.39, 0.29) is 28.4 Å². The van der Waals surface area contributed by atoms with Gasteiger partial charge < -0.3 is 15.0 Å². The van der Waals surface area contributed by atoms with Crippen LogP contribution in [-0.2, 0) is 26.2 Å². The fourth-order valence-electron chi connectivity index (χ4n) is 3.94. The summed E-state index contributed by atoms with van der Waals surface area (Å²) < 4.78 is 48.6. The average Bonchev–Trinajstić information content (AvgIpc) is 2.90. The van der Waals surface area contributed by atoms with Gasteiger partial charge in [-0.05, 0) is 58.0 Å². The second kappa shape index (κ2) is 12.3. The number of para-hydroxylation sites is 2.